The lowest BCUT2D eigenvalue weighted by molar-refractivity contribution is 0.107. The Morgan fingerprint density at radius 1 is 1.20 bits per heavy atom. The average Bonchev–Trinajstić information content (AvgIpc) is 3.34. The Kier molecular flexibility index (Phi) is 4.35. The number of sulfonamides is 1. The van der Waals surface area contributed by atoms with Gasteiger partial charge in [-0.25, -0.2) is 13.1 Å². The van der Waals surface area contributed by atoms with Crippen LogP contribution in [0.3, 0.4) is 0 Å². The zero-order valence-corrected chi connectivity index (χ0v) is 15.1. The quantitative estimate of drug-likeness (QED) is 0.782. The molecule has 8 heteroatoms. The van der Waals surface area contributed by atoms with Crippen molar-refractivity contribution < 1.29 is 13.2 Å². The van der Waals surface area contributed by atoms with Crippen molar-refractivity contribution in [3.8, 4) is 0 Å². The molecular formula is C17H22N4O3S. The molecule has 7 nitrogen and oxygen atoms in total. The van der Waals surface area contributed by atoms with Gasteiger partial charge in [-0.2, -0.15) is 4.31 Å². The zero-order chi connectivity index (χ0) is 17.4. The van der Waals surface area contributed by atoms with Crippen LogP contribution in [0.4, 0.5) is 0 Å². The van der Waals surface area contributed by atoms with Gasteiger partial charge in [0.2, 0.25) is 10.0 Å². The Morgan fingerprint density at radius 3 is 2.68 bits per heavy atom. The van der Waals surface area contributed by atoms with E-state index in [1.165, 1.54) is 17.1 Å². The van der Waals surface area contributed by atoms with E-state index in [-0.39, 0.29) is 6.54 Å². The number of aromatic nitrogens is 3. The Bertz CT molecular complexity index is 857. The van der Waals surface area contributed by atoms with Crippen LogP contribution in [0.25, 0.3) is 0 Å². The molecule has 1 aliphatic carbocycles. The fraction of sp³-hybridized carbons (Fsp3) is 0.529. The van der Waals surface area contributed by atoms with Crippen molar-refractivity contribution in [3.05, 3.63) is 41.2 Å². The van der Waals surface area contributed by atoms with Crippen molar-refractivity contribution in [2.45, 2.75) is 44.4 Å². The highest BCUT2D eigenvalue weighted by atomic mass is 32.2. The van der Waals surface area contributed by atoms with Crippen LogP contribution in [0.2, 0.25) is 0 Å². The third-order valence-electron chi connectivity index (χ3n) is 4.75. The maximum absolute atomic E-state index is 12.9. The Balaban J connectivity index is 1.51. The van der Waals surface area contributed by atoms with E-state index < -0.39 is 10.0 Å². The van der Waals surface area contributed by atoms with E-state index in [1.54, 1.807) is 16.8 Å². The number of benzene rings is 1. The van der Waals surface area contributed by atoms with Gasteiger partial charge in [0.05, 0.1) is 30.3 Å². The molecule has 0 unspecified atom stereocenters. The molecule has 0 spiro atoms. The summed E-state index contributed by atoms with van der Waals surface area (Å²) in [4.78, 5) is 0.325. The minimum Gasteiger partial charge on any atom is -0.375 e. The van der Waals surface area contributed by atoms with Crippen LogP contribution in [-0.2, 0) is 34.5 Å². The van der Waals surface area contributed by atoms with Crippen LogP contribution in [0, 0.1) is 12.8 Å². The molecular weight excluding hydrogens is 340 g/mol. The molecule has 1 aromatic carbocycles. The van der Waals surface area contributed by atoms with Crippen LogP contribution < -0.4 is 0 Å². The number of ether oxygens (including phenoxy) is 1. The second-order valence-corrected chi connectivity index (χ2v) is 8.75. The van der Waals surface area contributed by atoms with E-state index in [0.29, 0.717) is 30.5 Å². The smallest absolute Gasteiger partial charge is 0.243 e. The summed E-state index contributed by atoms with van der Waals surface area (Å²) >= 11 is 0. The van der Waals surface area contributed by atoms with Crippen molar-refractivity contribution in [1.82, 2.24) is 19.3 Å². The van der Waals surface area contributed by atoms with Crippen LogP contribution in [0.1, 0.15) is 29.8 Å². The number of fused-ring (bicyclic) bond motifs is 1. The molecule has 2 aromatic rings. The fourth-order valence-electron chi connectivity index (χ4n) is 2.96. The summed E-state index contributed by atoms with van der Waals surface area (Å²) in [5.41, 5.74) is 2.61. The molecule has 4 rings (SSSR count). The number of hydrogen-bond acceptors (Lipinski definition) is 5. The molecule has 0 bridgehead atoms. The molecule has 25 heavy (non-hydrogen) atoms. The van der Waals surface area contributed by atoms with Gasteiger partial charge in [-0.3, -0.25) is 0 Å². The van der Waals surface area contributed by atoms with Gasteiger partial charge in [0.15, 0.2) is 0 Å². The molecule has 2 heterocycles. The lowest BCUT2D eigenvalue weighted by Gasteiger charge is -2.27. The predicted octanol–water partition coefficient (Wildman–Crippen LogP) is 1.72. The van der Waals surface area contributed by atoms with Crippen molar-refractivity contribution in [3.63, 3.8) is 0 Å². The van der Waals surface area contributed by atoms with Gasteiger partial charge in [-0.1, -0.05) is 22.9 Å². The number of nitrogens with zero attached hydrogens (tertiary/aromatic N) is 4. The standard InChI is InChI=1S/C17H22N4O3S/c1-13-2-6-15(7-3-13)25(22,23)20-8-9-21-17(10-20)16(18-19-21)12-24-11-14-4-5-14/h2-3,6-7,14H,4-5,8-12H2,1H3. The highest BCUT2D eigenvalue weighted by Gasteiger charge is 2.31. The van der Waals surface area contributed by atoms with Crippen LogP contribution >= 0.6 is 0 Å². The lowest BCUT2D eigenvalue weighted by atomic mass is 10.2. The minimum atomic E-state index is -3.52. The third-order valence-corrected chi connectivity index (χ3v) is 6.61. The molecule has 1 aliphatic heterocycles. The SMILES string of the molecule is Cc1ccc(S(=O)(=O)N2CCn3nnc(COCC4CC4)c3C2)cc1. The first-order chi connectivity index (χ1) is 12.0. The van der Waals surface area contributed by atoms with E-state index in [2.05, 4.69) is 10.3 Å². The molecule has 2 aliphatic rings. The molecule has 1 fully saturated rings. The van der Waals surface area contributed by atoms with E-state index in [4.69, 9.17) is 4.74 Å². The zero-order valence-electron chi connectivity index (χ0n) is 14.3. The highest BCUT2D eigenvalue weighted by molar-refractivity contribution is 7.89. The highest BCUT2D eigenvalue weighted by Crippen LogP contribution is 2.29. The third kappa shape index (κ3) is 3.47. The summed E-state index contributed by atoms with van der Waals surface area (Å²) in [6.07, 6.45) is 2.48. The van der Waals surface area contributed by atoms with E-state index in [0.717, 1.165) is 23.6 Å². The largest absolute Gasteiger partial charge is 0.375 e. The van der Waals surface area contributed by atoms with Crippen molar-refractivity contribution in [1.29, 1.82) is 0 Å². The molecule has 0 atom stereocenters. The first-order valence-corrected chi connectivity index (χ1v) is 10.0. The van der Waals surface area contributed by atoms with Crippen molar-refractivity contribution >= 4 is 10.0 Å². The Labute approximate surface area is 147 Å². The monoisotopic (exact) mass is 362 g/mol. The predicted molar refractivity (Wildman–Crippen MR) is 91.2 cm³/mol. The van der Waals surface area contributed by atoms with Gasteiger partial charge in [0.25, 0.3) is 0 Å². The fourth-order valence-corrected chi connectivity index (χ4v) is 4.35. The first-order valence-electron chi connectivity index (χ1n) is 8.60. The summed E-state index contributed by atoms with van der Waals surface area (Å²) in [7, 11) is -3.52. The normalized spacial score (nSPS) is 18.3. The van der Waals surface area contributed by atoms with Gasteiger partial charge in [0, 0.05) is 13.2 Å². The minimum absolute atomic E-state index is 0.283. The average molecular weight is 362 g/mol. The molecule has 1 saturated carbocycles. The summed E-state index contributed by atoms with van der Waals surface area (Å²) in [6, 6.07) is 6.96. The lowest BCUT2D eigenvalue weighted by Crippen LogP contribution is -2.38. The van der Waals surface area contributed by atoms with Crippen LogP contribution in [-0.4, -0.2) is 40.9 Å². The van der Waals surface area contributed by atoms with E-state index in [1.807, 2.05) is 19.1 Å². The summed E-state index contributed by atoms with van der Waals surface area (Å²) in [5, 5.41) is 8.32. The molecule has 0 N–H and O–H groups in total. The van der Waals surface area contributed by atoms with E-state index in [9.17, 15) is 8.42 Å². The van der Waals surface area contributed by atoms with Crippen LogP contribution in [0.5, 0.6) is 0 Å². The second kappa shape index (κ2) is 6.51. The Morgan fingerprint density at radius 2 is 1.96 bits per heavy atom. The topological polar surface area (TPSA) is 77.3 Å². The second-order valence-electron chi connectivity index (χ2n) is 6.82. The van der Waals surface area contributed by atoms with Crippen molar-refractivity contribution in [2.24, 2.45) is 5.92 Å². The first kappa shape index (κ1) is 16.7. The van der Waals surface area contributed by atoms with Gasteiger partial charge in [0.1, 0.15) is 5.69 Å². The maximum Gasteiger partial charge on any atom is 0.243 e. The summed E-state index contributed by atoms with van der Waals surface area (Å²) < 4.78 is 34.8. The molecule has 0 amide bonds. The maximum atomic E-state index is 12.9. The summed E-state index contributed by atoms with van der Waals surface area (Å²) in [6.45, 7) is 4.27. The van der Waals surface area contributed by atoms with Crippen LogP contribution in [0.15, 0.2) is 29.2 Å². The van der Waals surface area contributed by atoms with Gasteiger partial charge in [-0.05, 0) is 37.8 Å². The van der Waals surface area contributed by atoms with Crippen molar-refractivity contribution in [2.75, 3.05) is 13.2 Å². The molecule has 0 saturated heterocycles. The Hall–Kier alpha value is -1.77. The number of hydrogen-bond donors (Lipinski definition) is 0. The molecule has 1 aromatic heterocycles. The molecule has 134 valence electrons. The van der Waals surface area contributed by atoms with Gasteiger partial charge >= 0.3 is 0 Å². The number of aryl methyl sites for hydroxylation is 1. The molecule has 0 radical (unpaired) electrons. The summed E-state index contributed by atoms with van der Waals surface area (Å²) in [5.74, 6) is 0.685. The van der Waals surface area contributed by atoms with E-state index >= 15 is 0 Å². The van der Waals surface area contributed by atoms with Gasteiger partial charge in [-0.15, -0.1) is 5.10 Å². The number of rotatable bonds is 6. The van der Waals surface area contributed by atoms with Gasteiger partial charge < -0.3 is 4.74 Å².